The van der Waals surface area contributed by atoms with E-state index in [9.17, 15) is 9.59 Å². The van der Waals surface area contributed by atoms with Gasteiger partial charge in [0.25, 0.3) is 0 Å². The van der Waals surface area contributed by atoms with Crippen molar-refractivity contribution in [1.82, 2.24) is 5.32 Å². The number of carbonyl (C=O) groups excluding carboxylic acids is 2. The summed E-state index contributed by atoms with van der Waals surface area (Å²) in [7, 11) is 0. The van der Waals surface area contributed by atoms with Gasteiger partial charge in [-0.3, -0.25) is 4.79 Å². The van der Waals surface area contributed by atoms with Gasteiger partial charge in [0.2, 0.25) is 0 Å². The van der Waals surface area contributed by atoms with Crippen LogP contribution in [0.4, 0.5) is 10.5 Å². The summed E-state index contributed by atoms with van der Waals surface area (Å²) in [5.74, 6) is -0.452. The number of rotatable bonds is 4. The standard InChI is InChI=1S/C11H14N2O4/c1-2-17-10(15)7-12-11(16)13-8-4-3-5-9(14)6-8/h3-6,14H,2,7H2,1H3,(H2,12,13,16). The Kier molecular flexibility index (Phi) is 4.80. The number of carbonyl (C=O) groups is 2. The number of aromatic hydroxyl groups is 1. The molecule has 0 aromatic heterocycles. The molecule has 1 aromatic rings. The molecule has 17 heavy (non-hydrogen) atoms. The van der Waals surface area contributed by atoms with Gasteiger partial charge in [-0.05, 0) is 19.1 Å². The maximum atomic E-state index is 11.3. The SMILES string of the molecule is CCOC(=O)CNC(=O)Nc1cccc(O)c1. The van der Waals surface area contributed by atoms with Crippen LogP contribution in [0.3, 0.4) is 0 Å². The van der Waals surface area contributed by atoms with Gasteiger partial charge in [-0.2, -0.15) is 0 Å². The molecule has 0 aliphatic heterocycles. The Labute approximate surface area is 98.6 Å². The zero-order chi connectivity index (χ0) is 12.7. The van der Waals surface area contributed by atoms with Crippen molar-refractivity contribution in [2.45, 2.75) is 6.92 Å². The lowest BCUT2D eigenvalue weighted by Crippen LogP contribution is -2.34. The number of hydrogen-bond donors (Lipinski definition) is 3. The minimum Gasteiger partial charge on any atom is -0.508 e. The number of esters is 1. The fourth-order valence-corrected chi connectivity index (χ4v) is 1.12. The first-order valence-electron chi connectivity index (χ1n) is 5.11. The van der Waals surface area contributed by atoms with Gasteiger partial charge in [0.15, 0.2) is 0 Å². The van der Waals surface area contributed by atoms with Crippen molar-refractivity contribution in [2.24, 2.45) is 0 Å². The fourth-order valence-electron chi connectivity index (χ4n) is 1.12. The van der Waals surface area contributed by atoms with Crippen molar-refractivity contribution >= 4 is 17.7 Å². The molecule has 6 nitrogen and oxygen atoms in total. The number of hydrogen-bond acceptors (Lipinski definition) is 4. The van der Waals surface area contributed by atoms with Gasteiger partial charge in [-0.25, -0.2) is 4.79 Å². The molecule has 0 aliphatic carbocycles. The molecule has 0 radical (unpaired) electrons. The van der Waals surface area contributed by atoms with E-state index in [2.05, 4.69) is 15.4 Å². The normalized spacial score (nSPS) is 9.47. The summed E-state index contributed by atoms with van der Waals surface area (Å²) in [5, 5.41) is 14.0. The molecule has 0 unspecified atom stereocenters. The van der Waals surface area contributed by atoms with Gasteiger partial charge in [0, 0.05) is 11.8 Å². The number of amides is 2. The molecule has 0 saturated heterocycles. The van der Waals surface area contributed by atoms with Crippen LogP contribution in [0.15, 0.2) is 24.3 Å². The van der Waals surface area contributed by atoms with Crippen molar-refractivity contribution < 1.29 is 19.4 Å². The van der Waals surface area contributed by atoms with E-state index in [-0.39, 0.29) is 18.9 Å². The number of phenolic OH excluding ortho intramolecular Hbond substituents is 1. The molecule has 92 valence electrons. The Bertz CT molecular complexity index is 406. The predicted octanol–water partition coefficient (Wildman–Crippen LogP) is 1.08. The molecule has 0 bridgehead atoms. The first-order chi connectivity index (χ1) is 8.11. The Balaban J connectivity index is 2.37. The maximum Gasteiger partial charge on any atom is 0.325 e. The predicted molar refractivity (Wildman–Crippen MR) is 61.8 cm³/mol. The Morgan fingerprint density at radius 2 is 2.18 bits per heavy atom. The van der Waals surface area contributed by atoms with E-state index in [1.807, 2.05) is 0 Å². The molecular weight excluding hydrogens is 224 g/mol. The van der Waals surface area contributed by atoms with Crippen molar-refractivity contribution in [3.05, 3.63) is 24.3 Å². The van der Waals surface area contributed by atoms with Gasteiger partial charge in [-0.1, -0.05) is 6.07 Å². The van der Waals surface area contributed by atoms with Gasteiger partial charge < -0.3 is 20.5 Å². The van der Waals surface area contributed by atoms with E-state index in [0.29, 0.717) is 5.69 Å². The first-order valence-corrected chi connectivity index (χ1v) is 5.11. The third kappa shape index (κ3) is 4.87. The van der Waals surface area contributed by atoms with E-state index in [0.717, 1.165) is 0 Å². The first kappa shape index (κ1) is 12.8. The van der Waals surface area contributed by atoms with Gasteiger partial charge in [0.05, 0.1) is 6.61 Å². The fraction of sp³-hybridized carbons (Fsp3) is 0.273. The maximum absolute atomic E-state index is 11.3. The van der Waals surface area contributed by atoms with Crippen LogP contribution in [0.1, 0.15) is 6.92 Å². The third-order valence-corrected chi connectivity index (χ3v) is 1.80. The molecule has 0 atom stereocenters. The van der Waals surface area contributed by atoms with Crippen LogP contribution >= 0.6 is 0 Å². The Morgan fingerprint density at radius 1 is 1.41 bits per heavy atom. The Hall–Kier alpha value is -2.24. The Morgan fingerprint density at radius 3 is 2.82 bits per heavy atom. The average molecular weight is 238 g/mol. The van der Waals surface area contributed by atoms with Crippen LogP contribution in [0.5, 0.6) is 5.75 Å². The summed E-state index contributed by atoms with van der Waals surface area (Å²) in [6.07, 6.45) is 0. The van der Waals surface area contributed by atoms with Gasteiger partial charge in [0.1, 0.15) is 12.3 Å². The highest BCUT2D eigenvalue weighted by molar-refractivity contribution is 5.91. The second kappa shape index (κ2) is 6.37. The van der Waals surface area contributed by atoms with Crippen molar-refractivity contribution in [3.63, 3.8) is 0 Å². The minimum atomic E-state index is -0.538. The minimum absolute atomic E-state index is 0.0493. The summed E-state index contributed by atoms with van der Waals surface area (Å²) in [6, 6.07) is 5.55. The number of phenols is 1. The lowest BCUT2D eigenvalue weighted by atomic mass is 10.3. The lowest BCUT2D eigenvalue weighted by Gasteiger charge is -2.07. The molecule has 6 heteroatoms. The highest BCUT2D eigenvalue weighted by Crippen LogP contribution is 2.14. The molecule has 1 rings (SSSR count). The molecule has 0 saturated carbocycles. The summed E-state index contributed by atoms with van der Waals surface area (Å²) in [6.45, 7) is 1.76. The highest BCUT2D eigenvalue weighted by atomic mass is 16.5. The smallest absolute Gasteiger partial charge is 0.325 e. The summed E-state index contributed by atoms with van der Waals surface area (Å²) >= 11 is 0. The van der Waals surface area contributed by atoms with Crippen LogP contribution in [-0.4, -0.2) is 30.3 Å². The van der Waals surface area contributed by atoms with Crippen molar-refractivity contribution in [1.29, 1.82) is 0 Å². The van der Waals surface area contributed by atoms with E-state index in [1.165, 1.54) is 12.1 Å². The van der Waals surface area contributed by atoms with Gasteiger partial charge >= 0.3 is 12.0 Å². The largest absolute Gasteiger partial charge is 0.508 e. The van der Waals surface area contributed by atoms with Crippen molar-refractivity contribution in [3.8, 4) is 5.75 Å². The van der Waals surface area contributed by atoms with Crippen molar-refractivity contribution in [2.75, 3.05) is 18.5 Å². The van der Waals surface area contributed by atoms with Crippen LogP contribution < -0.4 is 10.6 Å². The quantitative estimate of drug-likeness (QED) is 0.685. The zero-order valence-electron chi connectivity index (χ0n) is 9.40. The molecule has 0 fully saturated rings. The molecule has 2 amide bonds. The van der Waals surface area contributed by atoms with E-state index >= 15 is 0 Å². The molecule has 0 heterocycles. The molecule has 1 aromatic carbocycles. The third-order valence-electron chi connectivity index (χ3n) is 1.80. The van der Waals surface area contributed by atoms with Crippen LogP contribution in [0.2, 0.25) is 0 Å². The van der Waals surface area contributed by atoms with E-state index in [4.69, 9.17) is 5.11 Å². The van der Waals surface area contributed by atoms with Crippen LogP contribution in [0, 0.1) is 0 Å². The second-order valence-electron chi connectivity index (χ2n) is 3.16. The summed E-state index contributed by atoms with van der Waals surface area (Å²) < 4.78 is 4.64. The van der Waals surface area contributed by atoms with Crippen LogP contribution in [0.25, 0.3) is 0 Å². The highest BCUT2D eigenvalue weighted by Gasteiger charge is 2.05. The zero-order valence-corrected chi connectivity index (χ0v) is 9.40. The number of urea groups is 1. The monoisotopic (exact) mass is 238 g/mol. The lowest BCUT2D eigenvalue weighted by molar-refractivity contribution is -0.141. The topological polar surface area (TPSA) is 87.7 Å². The summed E-state index contributed by atoms with van der Waals surface area (Å²) in [5.41, 5.74) is 0.436. The van der Waals surface area contributed by atoms with E-state index in [1.54, 1.807) is 19.1 Å². The van der Waals surface area contributed by atoms with Crippen LogP contribution in [-0.2, 0) is 9.53 Å². The molecule has 3 N–H and O–H groups in total. The summed E-state index contributed by atoms with van der Waals surface area (Å²) in [4.78, 5) is 22.3. The number of nitrogens with one attached hydrogen (secondary N) is 2. The van der Waals surface area contributed by atoms with E-state index < -0.39 is 12.0 Å². The number of ether oxygens (including phenoxy) is 1. The molecule has 0 spiro atoms. The molecule has 0 aliphatic rings. The number of benzene rings is 1. The average Bonchev–Trinajstić information content (AvgIpc) is 2.27. The van der Waals surface area contributed by atoms with Gasteiger partial charge in [-0.15, -0.1) is 0 Å². The number of anilines is 1. The second-order valence-corrected chi connectivity index (χ2v) is 3.16. The molecular formula is C11H14N2O4.